The van der Waals surface area contributed by atoms with Crippen LogP contribution >= 0.6 is 23.5 Å². The molecule has 16 heteroatoms. The molecule has 0 aliphatic carbocycles. The predicted octanol–water partition coefficient (Wildman–Crippen LogP) is 6.50. The molecule has 8 rings (SSSR count). The van der Waals surface area contributed by atoms with E-state index in [2.05, 4.69) is 44.7 Å². The summed E-state index contributed by atoms with van der Waals surface area (Å²) < 4.78 is 28.0. The normalized spacial score (nSPS) is 17.0. The van der Waals surface area contributed by atoms with E-state index in [0.29, 0.717) is 61.0 Å². The number of hydrogen-bond donors (Lipinski definition) is 0. The van der Waals surface area contributed by atoms with Crippen LogP contribution in [0.25, 0.3) is 0 Å². The van der Waals surface area contributed by atoms with Gasteiger partial charge in [0.1, 0.15) is 24.7 Å². The lowest BCUT2D eigenvalue weighted by molar-refractivity contribution is -0.154. The van der Waals surface area contributed by atoms with Crippen LogP contribution in [0.5, 0.6) is 11.5 Å². The van der Waals surface area contributed by atoms with Crippen molar-refractivity contribution in [3.05, 3.63) is 143 Å². The van der Waals surface area contributed by atoms with Crippen molar-refractivity contribution in [2.45, 2.75) is 42.1 Å². The van der Waals surface area contributed by atoms with Crippen LogP contribution in [0.4, 0.5) is 0 Å². The number of esters is 1. The van der Waals surface area contributed by atoms with Crippen LogP contribution in [0, 0.1) is 0 Å². The third-order valence-electron chi connectivity index (χ3n) is 9.83. The molecule has 1 fully saturated rings. The molecule has 0 bridgehead atoms. The van der Waals surface area contributed by atoms with Crippen LogP contribution < -0.4 is 9.47 Å². The molecular weight excluding hydrogens is 811 g/mol. The van der Waals surface area contributed by atoms with Crippen molar-refractivity contribution in [3.63, 3.8) is 0 Å². The summed E-state index contributed by atoms with van der Waals surface area (Å²) in [4.78, 5) is 15.4. The number of fused-ring (bicyclic) bond motifs is 4. The molecule has 14 nitrogen and oxygen atoms in total. The van der Waals surface area contributed by atoms with Crippen LogP contribution in [-0.4, -0.2) is 117 Å². The van der Waals surface area contributed by atoms with Crippen molar-refractivity contribution in [2.75, 3.05) is 57.6 Å². The molecule has 0 radical (unpaired) electrons. The molecule has 0 atom stereocenters. The largest absolute Gasteiger partial charge is 0.489 e. The molecule has 0 unspecified atom stereocenters. The molecule has 2 aliphatic rings. The fourth-order valence-corrected chi connectivity index (χ4v) is 8.44. The minimum absolute atomic E-state index is 0.0348. The van der Waals surface area contributed by atoms with Gasteiger partial charge in [-0.1, -0.05) is 108 Å². The number of rotatable bonds is 7. The Morgan fingerprint density at radius 3 is 1.61 bits per heavy atom. The first-order valence-electron chi connectivity index (χ1n) is 20.4. The molecule has 314 valence electrons. The number of morpholine rings is 1. The van der Waals surface area contributed by atoms with Gasteiger partial charge in [0.2, 0.25) is 10.3 Å². The van der Waals surface area contributed by atoms with E-state index in [4.69, 9.17) is 29.2 Å². The highest BCUT2D eigenvalue weighted by molar-refractivity contribution is 7.99. The fraction of sp³-hybridized carbons (Fsp3) is 0.311. The Hall–Kier alpha value is -5.81. The van der Waals surface area contributed by atoms with Crippen LogP contribution in [0.3, 0.4) is 0 Å². The predicted molar refractivity (Wildman–Crippen MR) is 236 cm³/mol. The highest BCUT2D eigenvalue weighted by Gasteiger charge is 2.22. The average molecular weight is 858 g/mol. The molecule has 0 spiro atoms. The Morgan fingerprint density at radius 1 is 0.623 bits per heavy atom. The second-order valence-electron chi connectivity index (χ2n) is 14.3. The summed E-state index contributed by atoms with van der Waals surface area (Å²) in [6.45, 7) is 2.68. The van der Waals surface area contributed by atoms with Gasteiger partial charge in [-0.3, -0.25) is 9.69 Å². The fourth-order valence-electron chi connectivity index (χ4n) is 6.64. The monoisotopic (exact) mass is 857 g/mol. The molecule has 2 aromatic heterocycles. The van der Waals surface area contributed by atoms with Gasteiger partial charge >= 0.3 is 5.97 Å². The summed E-state index contributed by atoms with van der Waals surface area (Å²) >= 11 is 3.25. The van der Waals surface area contributed by atoms with E-state index >= 15 is 0 Å². The molecule has 0 N–H and O–H groups in total. The van der Waals surface area contributed by atoms with Crippen molar-refractivity contribution >= 4 is 41.9 Å². The second-order valence-corrected chi connectivity index (χ2v) is 16.5. The highest BCUT2D eigenvalue weighted by Crippen LogP contribution is 2.25. The molecule has 6 aromatic rings. The van der Waals surface area contributed by atoms with E-state index < -0.39 is 6.10 Å². The van der Waals surface area contributed by atoms with Gasteiger partial charge in [-0.05, 0) is 48.2 Å². The zero-order valence-electron chi connectivity index (χ0n) is 33.7. The summed E-state index contributed by atoms with van der Waals surface area (Å²) in [5.74, 6) is 3.88. The number of nitrogens with zero attached hydrogens (tertiary/aromatic N) is 9. The summed E-state index contributed by atoms with van der Waals surface area (Å²) in [5, 5.41) is 29.5. The van der Waals surface area contributed by atoms with E-state index in [-0.39, 0.29) is 25.7 Å². The Bertz CT molecular complexity index is 2240. The van der Waals surface area contributed by atoms with E-state index in [0.717, 1.165) is 58.2 Å². The van der Waals surface area contributed by atoms with Gasteiger partial charge in [-0.2, -0.15) is 19.6 Å². The van der Waals surface area contributed by atoms with Crippen molar-refractivity contribution in [1.29, 1.82) is 0 Å². The summed E-state index contributed by atoms with van der Waals surface area (Å²) in [6, 6.07) is 35.6. The van der Waals surface area contributed by atoms with E-state index in [1.54, 1.807) is 36.0 Å². The number of para-hydroxylation sites is 2. The van der Waals surface area contributed by atoms with E-state index in [1.807, 2.05) is 99.2 Å². The van der Waals surface area contributed by atoms with Gasteiger partial charge in [0.25, 0.3) is 0 Å². The van der Waals surface area contributed by atoms with Crippen LogP contribution in [0.1, 0.15) is 46.7 Å². The first kappa shape index (κ1) is 41.9. The quantitative estimate of drug-likeness (QED) is 0.162. The summed E-state index contributed by atoms with van der Waals surface area (Å²) in [6.07, 6.45) is 5.79. The number of carbonyl (C=O) groups is 1. The average Bonchev–Trinajstić information content (AvgIpc) is 3.86. The minimum Gasteiger partial charge on any atom is -0.489 e. The Labute approximate surface area is 363 Å². The number of aromatic nitrogens is 6. The number of hydrogen-bond acceptors (Lipinski definition) is 14. The smallest absolute Gasteiger partial charge is 0.320 e. The van der Waals surface area contributed by atoms with Gasteiger partial charge in [0, 0.05) is 48.6 Å². The summed E-state index contributed by atoms with van der Waals surface area (Å²) in [7, 11) is 0. The Morgan fingerprint density at radius 2 is 1.10 bits per heavy atom. The number of thioether (sulfide) groups is 2. The van der Waals surface area contributed by atoms with E-state index in [9.17, 15) is 4.79 Å². The molecule has 61 heavy (non-hydrogen) atoms. The number of benzene rings is 4. The van der Waals surface area contributed by atoms with Gasteiger partial charge in [0.15, 0.2) is 17.8 Å². The topological polar surface area (TPSA) is 143 Å². The van der Waals surface area contributed by atoms with Gasteiger partial charge in [-0.25, -0.2) is 0 Å². The van der Waals surface area contributed by atoms with E-state index in [1.165, 1.54) is 0 Å². The van der Waals surface area contributed by atoms with Crippen LogP contribution in [0.15, 0.2) is 130 Å². The molecule has 0 amide bonds. The molecule has 0 saturated carbocycles. The molecule has 4 aromatic carbocycles. The molecular formula is C45H47N9O5S2. The van der Waals surface area contributed by atoms with Gasteiger partial charge in [-0.15, -0.1) is 20.4 Å². The van der Waals surface area contributed by atoms with Crippen LogP contribution in [0.2, 0.25) is 0 Å². The SMILES string of the molecule is O=C(CN1CCOCC1)OC1COc2ccccc2/C=N\n2c(Cc3ccccc3)nnc2SCCCCSc2nnc(Cc3ccccc3)n2/N=C\c2ccccc2OC1. The first-order valence-corrected chi connectivity index (χ1v) is 22.4. The van der Waals surface area contributed by atoms with Crippen LogP contribution in [-0.2, 0) is 27.1 Å². The summed E-state index contributed by atoms with van der Waals surface area (Å²) in [5.41, 5.74) is 3.70. The van der Waals surface area contributed by atoms with Crippen molar-refractivity contribution in [1.82, 2.24) is 34.6 Å². The molecule has 2 aliphatic heterocycles. The zero-order chi connectivity index (χ0) is 41.5. The molecule has 4 heterocycles. The maximum atomic E-state index is 13.4. The minimum atomic E-state index is -0.748. The lowest BCUT2D eigenvalue weighted by atomic mass is 10.1. The zero-order valence-corrected chi connectivity index (χ0v) is 35.3. The van der Waals surface area contributed by atoms with Crippen molar-refractivity contribution < 1.29 is 23.7 Å². The third kappa shape index (κ3) is 11.9. The first-order chi connectivity index (χ1) is 30.1. The molecule has 1 saturated heterocycles. The Kier molecular flexibility index (Phi) is 14.9. The lowest BCUT2D eigenvalue weighted by Crippen LogP contribution is -2.42. The van der Waals surface area contributed by atoms with Crippen molar-refractivity contribution in [2.24, 2.45) is 10.2 Å². The second kappa shape index (κ2) is 21.6. The maximum absolute atomic E-state index is 13.4. The third-order valence-corrected chi connectivity index (χ3v) is 11.8. The van der Waals surface area contributed by atoms with Crippen molar-refractivity contribution in [3.8, 4) is 11.5 Å². The van der Waals surface area contributed by atoms with Gasteiger partial charge < -0.3 is 18.9 Å². The van der Waals surface area contributed by atoms with Gasteiger partial charge in [0.05, 0.1) is 32.2 Å². The number of carbonyl (C=O) groups excluding carboxylic acids is 1. The lowest BCUT2D eigenvalue weighted by Gasteiger charge is -2.26. The standard InChI is InChI=1S/C45H47N9O5S2/c55-43(31-52-21-23-56-24-22-52)59-38-32-57-39-19-9-7-17-36(39)29-46-53-41(27-34-13-3-1-4-14-34)48-50-44(53)60-25-11-12-26-61-45-51-49-42(28-35-15-5-2-6-16-35)54(45)47-30-37-18-8-10-20-40(37)58-33-38/h1-10,13-20,29-30,38H,11-12,21-28,31-33H2/b46-29-,47-30-. The highest BCUT2D eigenvalue weighted by atomic mass is 32.2. The number of ether oxygens (including phenoxy) is 4. The Balaban J connectivity index is 1.09. The maximum Gasteiger partial charge on any atom is 0.320 e.